The van der Waals surface area contributed by atoms with Gasteiger partial charge in [-0.3, -0.25) is 9.59 Å². The van der Waals surface area contributed by atoms with Crippen LogP contribution in [0.4, 0.5) is 0 Å². The Morgan fingerprint density at radius 2 is 2.12 bits per heavy atom. The van der Waals surface area contributed by atoms with E-state index in [-0.39, 0.29) is 23.8 Å². The minimum absolute atomic E-state index is 0.0657. The number of benzene rings is 1. The van der Waals surface area contributed by atoms with Crippen molar-refractivity contribution in [2.45, 2.75) is 32.7 Å². The molecule has 2 atom stereocenters. The van der Waals surface area contributed by atoms with Crippen molar-refractivity contribution in [3.8, 4) is 11.3 Å². The van der Waals surface area contributed by atoms with Gasteiger partial charge in [-0.2, -0.15) is 0 Å². The first-order valence-corrected chi connectivity index (χ1v) is 8.99. The number of nitrogens with one attached hydrogen (secondary N) is 2. The number of hydrogen-bond donors (Lipinski definition) is 2. The molecule has 2 aromatic rings. The molecule has 1 saturated heterocycles. The fraction of sp³-hybridized carbons (Fsp3) is 0.389. The normalized spacial score (nSPS) is 20.5. The van der Waals surface area contributed by atoms with Gasteiger partial charge in [-0.05, 0) is 38.3 Å². The predicted molar refractivity (Wildman–Crippen MR) is 94.9 cm³/mol. The first-order chi connectivity index (χ1) is 11.5. The zero-order valence-corrected chi connectivity index (χ0v) is 14.7. The van der Waals surface area contributed by atoms with Crippen LogP contribution in [-0.2, 0) is 4.79 Å². The number of piperidine rings is 1. The van der Waals surface area contributed by atoms with Crippen LogP contribution in [0.1, 0.15) is 35.1 Å². The SMILES string of the molecule is Cc1nc(-c2ccc(C(=O)NCC3CC(=O)NC(C)C3)cc2)cs1. The fourth-order valence-electron chi connectivity index (χ4n) is 3.02. The van der Waals surface area contributed by atoms with E-state index in [1.165, 1.54) is 0 Å². The Kier molecular flexibility index (Phi) is 4.94. The van der Waals surface area contributed by atoms with Crippen LogP contribution in [0.15, 0.2) is 29.6 Å². The highest BCUT2D eigenvalue weighted by Gasteiger charge is 2.24. The third-order valence-electron chi connectivity index (χ3n) is 4.18. The highest BCUT2D eigenvalue weighted by Crippen LogP contribution is 2.22. The van der Waals surface area contributed by atoms with Gasteiger partial charge >= 0.3 is 0 Å². The lowest BCUT2D eigenvalue weighted by atomic mass is 9.92. The van der Waals surface area contributed by atoms with Crippen LogP contribution in [0.5, 0.6) is 0 Å². The molecule has 1 aliphatic heterocycles. The first kappa shape index (κ1) is 16.6. The smallest absolute Gasteiger partial charge is 0.251 e. The minimum atomic E-state index is -0.102. The summed E-state index contributed by atoms with van der Waals surface area (Å²) in [6, 6.07) is 7.64. The van der Waals surface area contributed by atoms with Crippen LogP contribution >= 0.6 is 11.3 Å². The zero-order chi connectivity index (χ0) is 17.1. The molecule has 126 valence electrons. The molecule has 1 aliphatic rings. The van der Waals surface area contributed by atoms with Gasteiger partial charge < -0.3 is 10.6 Å². The Balaban J connectivity index is 1.58. The van der Waals surface area contributed by atoms with E-state index in [4.69, 9.17) is 0 Å². The van der Waals surface area contributed by atoms with Gasteiger partial charge in [-0.25, -0.2) is 4.98 Å². The second-order valence-electron chi connectivity index (χ2n) is 6.31. The Hall–Kier alpha value is -2.21. The molecule has 3 rings (SSSR count). The highest BCUT2D eigenvalue weighted by molar-refractivity contribution is 7.09. The Bertz CT molecular complexity index is 739. The van der Waals surface area contributed by atoms with Gasteiger partial charge in [0.05, 0.1) is 10.7 Å². The van der Waals surface area contributed by atoms with Crippen molar-refractivity contribution in [1.29, 1.82) is 0 Å². The number of amides is 2. The molecule has 2 unspecified atom stereocenters. The zero-order valence-electron chi connectivity index (χ0n) is 13.8. The first-order valence-electron chi connectivity index (χ1n) is 8.11. The number of carbonyl (C=O) groups is 2. The summed E-state index contributed by atoms with van der Waals surface area (Å²) in [5.74, 6) is 0.167. The summed E-state index contributed by atoms with van der Waals surface area (Å²) in [4.78, 5) is 28.3. The fourth-order valence-corrected chi connectivity index (χ4v) is 3.64. The number of nitrogens with zero attached hydrogens (tertiary/aromatic N) is 1. The molecule has 0 saturated carbocycles. The van der Waals surface area contributed by atoms with Gasteiger partial charge in [0.15, 0.2) is 0 Å². The molecule has 0 aliphatic carbocycles. The summed E-state index contributed by atoms with van der Waals surface area (Å²) >= 11 is 1.61. The van der Waals surface area contributed by atoms with Gasteiger partial charge in [-0.1, -0.05) is 12.1 Å². The lowest BCUT2D eigenvalue weighted by molar-refractivity contribution is -0.124. The molecule has 0 radical (unpaired) electrons. The maximum Gasteiger partial charge on any atom is 0.251 e. The van der Waals surface area contributed by atoms with Crippen LogP contribution in [0.3, 0.4) is 0 Å². The Morgan fingerprint density at radius 3 is 2.75 bits per heavy atom. The molecular formula is C18H21N3O2S. The van der Waals surface area contributed by atoms with E-state index in [1.807, 2.05) is 43.5 Å². The lowest BCUT2D eigenvalue weighted by Gasteiger charge is -2.27. The average Bonchev–Trinajstić information content (AvgIpc) is 2.98. The van der Waals surface area contributed by atoms with E-state index in [0.717, 1.165) is 22.7 Å². The summed E-state index contributed by atoms with van der Waals surface area (Å²) < 4.78 is 0. The summed E-state index contributed by atoms with van der Waals surface area (Å²) in [5.41, 5.74) is 2.57. The molecule has 1 aromatic carbocycles. The molecule has 1 fully saturated rings. The largest absolute Gasteiger partial charge is 0.354 e. The Labute approximate surface area is 145 Å². The second-order valence-corrected chi connectivity index (χ2v) is 7.38. The van der Waals surface area contributed by atoms with E-state index in [1.54, 1.807) is 11.3 Å². The van der Waals surface area contributed by atoms with Crippen LogP contribution in [0.25, 0.3) is 11.3 Å². The lowest BCUT2D eigenvalue weighted by Crippen LogP contribution is -2.43. The molecule has 1 aromatic heterocycles. The van der Waals surface area contributed by atoms with E-state index in [2.05, 4.69) is 15.6 Å². The summed E-state index contributed by atoms with van der Waals surface area (Å²) in [6.07, 6.45) is 1.38. The molecule has 2 N–H and O–H groups in total. The molecule has 0 spiro atoms. The van der Waals surface area contributed by atoms with E-state index >= 15 is 0 Å². The number of aromatic nitrogens is 1. The van der Waals surface area contributed by atoms with Crippen LogP contribution in [-0.4, -0.2) is 29.4 Å². The van der Waals surface area contributed by atoms with Crippen molar-refractivity contribution >= 4 is 23.2 Å². The van der Waals surface area contributed by atoms with Gasteiger partial charge in [0.2, 0.25) is 5.91 Å². The number of rotatable bonds is 4. The monoisotopic (exact) mass is 343 g/mol. The molecule has 0 bridgehead atoms. The third-order valence-corrected chi connectivity index (χ3v) is 4.96. The second kappa shape index (κ2) is 7.13. The van der Waals surface area contributed by atoms with Crippen LogP contribution in [0.2, 0.25) is 0 Å². The molecule has 5 nitrogen and oxygen atoms in total. The number of thiazole rings is 1. The third kappa shape index (κ3) is 4.00. The summed E-state index contributed by atoms with van der Waals surface area (Å²) in [6.45, 7) is 4.50. The average molecular weight is 343 g/mol. The molecule has 6 heteroatoms. The number of hydrogen-bond acceptors (Lipinski definition) is 4. The summed E-state index contributed by atoms with van der Waals surface area (Å²) in [7, 11) is 0. The highest BCUT2D eigenvalue weighted by atomic mass is 32.1. The van der Waals surface area contributed by atoms with E-state index < -0.39 is 0 Å². The van der Waals surface area contributed by atoms with Crippen LogP contribution < -0.4 is 10.6 Å². The van der Waals surface area contributed by atoms with Gasteiger partial charge in [-0.15, -0.1) is 11.3 Å². The standard InChI is InChI=1S/C18H21N3O2S/c1-11-7-13(8-17(22)20-11)9-19-18(23)15-5-3-14(4-6-15)16-10-24-12(2)21-16/h3-6,10-11,13H,7-9H2,1-2H3,(H,19,23)(H,20,22). The maximum absolute atomic E-state index is 12.3. The molecule has 24 heavy (non-hydrogen) atoms. The predicted octanol–water partition coefficient (Wildman–Crippen LogP) is 2.76. The van der Waals surface area contributed by atoms with E-state index in [0.29, 0.717) is 18.5 Å². The van der Waals surface area contributed by atoms with Crippen molar-refractivity contribution < 1.29 is 9.59 Å². The van der Waals surface area contributed by atoms with E-state index in [9.17, 15) is 9.59 Å². The number of carbonyl (C=O) groups excluding carboxylic acids is 2. The van der Waals surface area contributed by atoms with Crippen molar-refractivity contribution in [3.05, 3.63) is 40.2 Å². The van der Waals surface area contributed by atoms with Gasteiger partial charge in [0.1, 0.15) is 0 Å². The molecular weight excluding hydrogens is 322 g/mol. The van der Waals surface area contributed by atoms with Crippen molar-refractivity contribution in [2.24, 2.45) is 5.92 Å². The molecule has 2 heterocycles. The summed E-state index contributed by atoms with van der Waals surface area (Å²) in [5, 5.41) is 8.88. The van der Waals surface area contributed by atoms with Gasteiger partial charge in [0, 0.05) is 35.5 Å². The molecule has 2 amide bonds. The van der Waals surface area contributed by atoms with Gasteiger partial charge in [0.25, 0.3) is 5.91 Å². The maximum atomic E-state index is 12.3. The van der Waals surface area contributed by atoms with Crippen molar-refractivity contribution in [1.82, 2.24) is 15.6 Å². The van der Waals surface area contributed by atoms with Crippen LogP contribution in [0, 0.1) is 12.8 Å². The van der Waals surface area contributed by atoms with Crippen molar-refractivity contribution in [3.63, 3.8) is 0 Å². The quantitative estimate of drug-likeness (QED) is 0.897. The van der Waals surface area contributed by atoms with Crippen molar-refractivity contribution in [2.75, 3.05) is 6.54 Å². The Morgan fingerprint density at radius 1 is 1.38 bits per heavy atom. The number of aryl methyl sites for hydroxylation is 1. The minimum Gasteiger partial charge on any atom is -0.354 e. The topological polar surface area (TPSA) is 71.1 Å².